The number of hydrogen-bond donors (Lipinski definition) is 1. The molecule has 0 bridgehead atoms. The Morgan fingerprint density at radius 3 is 2.95 bits per heavy atom. The second-order valence-electron chi connectivity index (χ2n) is 4.47. The van der Waals surface area contributed by atoms with Crippen molar-refractivity contribution in [3.8, 4) is 0 Å². The van der Waals surface area contributed by atoms with Crippen LogP contribution in [0.1, 0.15) is 10.4 Å². The molecule has 0 atom stereocenters. The first kappa shape index (κ1) is 13.8. The lowest BCUT2D eigenvalue weighted by atomic mass is 10.1. The molecule has 0 amide bonds. The summed E-state index contributed by atoms with van der Waals surface area (Å²) >= 11 is 7.35. The monoisotopic (exact) mass is 330 g/mol. The molecule has 2 aromatic rings. The third kappa shape index (κ3) is 2.31. The molecule has 0 unspecified atom stereocenters. The largest absolute Gasteiger partial charge is 0.326 e. The lowest BCUT2D eigenvalue weighted by Crippen LogP contribution is -2.35. The van der Waals surface area contributed by atoms with Crippen LogP contribution in [0.4, 0.5) is 0 Å². The average molecular weight is 331 g/mol. The van der Waals surface area contributed by atoms with Gasteiger partial charge in [0.15, 0.2) is 0 Å². The molecule has 20 heavy (non-hydrogen) atoms. The summed E-state index contributed by atoms with van der Waals surface area (Å²) in [5.74, 6) is 0. The zero-order chi connectivity index (χ0) is 14.3. The van der Waals surface area contributed by atoms with Crippen LogP contribution >= 0.6 is 22.9 Å². The molecule has 0 aromatic carbocycles. The van der Waals surface area contributed by atoms with Gasteiger partial charge in [-0.25, -0.2) is 8.42 Å². The highest BCUT2D eigenvalue weighted by Gasteiger charge is 2.29. The minimum absolute atomic E-state index is 0.0146. The third-order valence-corrected chi connectivity index (χ3v) is 6.37. The zero-order valence-corrected chi connectivity index (χ0v) is 12.7. The molecule has 1 N–H and O–H groups in total. The van der Waals surface area contributed by atoms with Crippen LogP contribution in [-0.2, 0) is 23.0 Å². The van der Waals surface area contributed by atoms with Gasteiger partial charge < -0.3 is 4.98 Å². The SMILES string of the molecule is O=c1[nH]cc(S(=O)(=O)N2CCc3sccc3C2)cc1Cl. The molecule has 1 aliphatic heterocycles. The summed E-state index contributed by atoms with van der Waals surface area (Å²) in [6.45, 7) is 0.796. The van der Waals surface area contributed by atoms with Gasteiger partial charge in [-0.3, -0.25) is 4.79 Å². The Morgan fingerprint density at radius 1 is 1.40 bits per heavy atom. The average Bonchev–Trinajstić information content (AvgIpc) is 2.89. The minimum Gasteiger partial charge on any atom is -0.326 e. The lowest BCUT2D eigenvalue weighted by Gasteiger charge is -2.26. The highest BCUT2D eigenvalue weighted by molar-refractivity contribution is 7.89. The van der Waals surface area contributed by atoms with Crippen molar-refractivity contribution in [1.29, 1.82) is 0 Å². The van der Waals surface area contributed by atoms with Crippen molar-refractivity contribution in [3.63, 3.8) is 0 Å². The Kier molecular flexibility index (Phi) is 3.45. The van der Waals surface area contributed by atoms with Crippen molar-refractivity contribution in [2.75, 3.05) is 6.54 Å². The van der Waals surface area contributed by atoms with Crippen LogP contribution in [0.15, 0.2) is 33.4 Å². The normalized spacial score (nSPS) is 16.1. The molecule has 1 aliphatic rings. The Hall–Kier alpha value is -1.15. The highest BCUT2D eigenvalue weighted by atomic mass is 35.5. The predicted molar refractivity (Wildman–Crippen MR) is 77.7 cm³/mol. The zero-order valence-electron chi connectivity index (χ0n) is 10.3. The van der Waals surface area contributed by atoms with E-state index in [2.05, 4.69) is 4.98 Å². The summed E-state index contributed by atoms with van der Waals surface area (Å²) in [5, 5.41) is 1.84. The number of hydrogen-bond acceptors (Lipinski definition) is 4. The van der Waals surface area contributed by atoms with Crippen molar-refractivity contribution < 1.29 is 8.42 Å². The maximum atomic E-state index is 12.5. The summed E-state index contributed by atoms with van der Waals surface area (Å²) in [6.07, 6.45) is 1.90. The van der Waals surface area contributed by atoms with Gasteiger partial charge in [0.2, 0.25) is 10.0 Å². The van der Waals surface area contributed by atoms with Crippen molar-refractivity contribution in [2.24, 2.45) is 0 Å². The fourth-order valence-electron chi connectivity index (χ4n) is 2.16. The summed E-state index contributed by atoms with van der Waals surface area (Å²) in [4.78, 5) is 14.8. The first-order valence-electron chi connectivity index (χ1n) is 5.92. The van der Waals surface area contributed by atoms with Gasteiger partial charge in [-0.2, -0.15) is 4.31 Å². The molecule has 2 aromatic heterocycles. The standard InChI is InChI=1S/C12H11ClN2O3S2/c13-10-5-9(6-14-12(10)16)20(17,18)15-3-1-11-8(7-15)2-4-19-11/h2,4-6H,1,3,7H2,(H,14,16). The lowest BCUT2D eigenvalue weighted by molar-refractivity contribution is 0.394. The number of thiophene rings is 1. The van der Waals surface area contributed by atoms with Crippen LogP contribution < -0.4 is 5.56 Å². The van der Waals surface area contributed by atoms with Gasteiger partial charge in [-0.1, -0.05) is 11.6 Å². The summed E-state index contributed by atoms with van der Waals surface area (Å²) in [6, 6.07) is 3.14. The van der Waals surface area contributed by atoms with E-state index in [9.17, 15) is 13.2 Å². The molecule has 8 heteroatoms. The van der Waals surface area contributed by atoms with Gasteiger partial charge in [-0.05, 0) is 29.5 Å². The van der Waals surface area contributed by atoms with Crippen molar-refractivity contribution >= 4 is 33.0 Å². The Bertz CT molecular complexity index is 810. The van der Waals surface area contributed by atoms with Crippen LogP contribution in [0.3, 0.4) is 0 Å². The van der Waals surface area contributed by atoms with Gasteiger partial charge in [0.1, 0.15) is 5.02 Å². The number of pyridine rings is 1. The van der Waals surface area contributed by atoms with Crippen molar-refractivity contribution in [2.45, 2.75) is 17.9 Å². The number of aromatic nitrogens is 1. The molecule has 3 heterocycles. The summed E-state index contributed by atoms with van der Waals surface area (Å²) in [7, 11) is -3.64. The molecule has 0 saturated carbocycles. The molecular weight excluding hydrogens is 320 g/mol. The number of halogens is 1. The smallest absolute Gasteiger partial charge is 0.266 e. The van der Waals surface area contributed by atoms with Crippen LogP contribution in [0.5, 0.6) is 0 Å². The Labute approximate surface area is 124 Å². The predicted octanol–water partition coefficient (Wildman–Crippen LogP) is 1.84. The molecule has 5 nitrogen and oxygen atoms in total. The first-order chi connectivity index (χ1) is 9.48. The maximum Gasteiger partial charge on any atom is 0.266 e. The van der Waals surface area contributed by atoms with Crippen molar-refractivity contribution in [1.82, 2.24) is 9.29 Å². The van der Waals surface area contributed by atoms with Crippen molar-refractivity contribution in [3.05, 3.63) is 49.5 Å². The second-order valence-corrected chi connectivity index (χ2v) is 7.82. The molecule has 3 rings (SSSR count). The number of nitrogens with zero attached hydrogens (tertiary/aromatic N) is 1. The second kappa shape index (κ2) is 5.00. The van der Waals surface area contributed by atoms with E-state index in [1.54, 1.807) is 11.3 Å². The number of nitrogens with one attached hydrogen (secondary N) is 1. The van der Waals surface area contributed by atoms with Gasteiger partial charge in [0, 0.05) is 24.2 Å². The number of sulfonamides is 1. The van der Waals surface area contributed by atoms with E-state index in [4.69, 9.17) is 11.6 Å². The molecule has 0 aliphatic carbocycles. The van der Waals surface area contributed by atoms with Crippen LogP contribution in [-0.4, -0.2) is 24.3 Å². The van der Waals surface area contributed by atoms with E-state index in [0.29, 0.717) is 19.5 Å². The van der Waals surface area contributed by atoms with Crippen LogP contribution in [0, 0.1) is 0 Å². The fourth-order valence-corrected chi connectivity index (χ4v) is 4.70. The minimum atomic E-state index is -3.64. The van der Waals surface area contributed by atoms with E-state index in [1.165, 1.54) is 21.4 Å². The molecular formula is C12H11ClN2O3S2. The topological polar surface area (TPSA) is 70.2 Å². The van der Waals surface area contributed by atoms with E-state index in [1.807, 2.05) is 11.4 Å². The summed E-state index contributed by atoms with van der Waals surface area (Å²) in [5.41, 5.74) is 0.546. The molecule has 0 spiro atoms. The number of rotatable bonds is 2. The maximum absolute atomic E-state index is 12.5. The van der Waals surface area contributed by atoms with Gasteiger partial charge in [0.25, 0.3) is 5.56 Å². The number of aromatic amines is 1. The van der Waals surface area contributed by atoms with Gasteiger partial charge in [-0.15, -0.1) is 11.3 Å². The Morgan fingerprint density at radius 2 is 2.20 bits per heavy atom. The number of fused-ring (bicyclic) bond motifs is 1. The third-order valence-electron chi connectivity index (χ3n) is 3.24. The molecule has 0 fully saturated rings. The quantitative estimate of drug-likeness (QED) is 0.913. The summed E-state index contributed by atoms with van der Waals surface area (Å²) < 4.78 is 26.5. The van der Waals surface area contributed by atoms with Crippen LogP contribution in [0.25, 0.3) is 0 Å². The van der Waals surface area contributed by atoms with E-state index in [-0.39, 0.29) is 9.92 Å². The molecule has 0 saturated heterocycles. The van der Waals surface area contributed by atoms with Crippen LogP contribution in [0.2, 0.25) is 5.02 Å². The Balaban J connectivity index is 1.97. The number of H-pyrrole nitrogens is 1. The van der Waals surface area contributed by atoms with E-state index < -0.39 is 15.6 Å². The first-order valence-corrected chi connectivity index (χ1v) is 8.62. The molecule has 0 radical (unpaired) electrons. The van der Waals surface area contributed by atoms with E-state index >= 15 is 0 Å². The van der Waals surface area contributed by atoms with Gasteiger partial charge >= 0.3 is 0 Å². The molecule has 106 valence electrons. The highest BCUT2D eigenvalue weighted by Crippen LogP contribution is 2.28. The van der Waals surface area contributed by atoms with Gasteiger partial charge in [0.05, 0.1) is 4.90 Å². The van der Waals surface area contributed by atoms with E-state index in [0.717, 1.165) is 5.56 Å². The fraction of sp³-hybridized carbons (Fsp3) is 0.250.